The first-order valence-electron chi connectivity index (χ1n) is 9.59. The van der Waals surface area contributed by atoms with Crippen LogP contribution in [0.1, 0.15) is 33.1 Å². The summed E-state index contributed by atoms with van der Waals surface area (Å²) in [4.78, 5) is 33.7. The summed E-state index contributed by atoms with van der Waals surface area (Å²) in [5, 5.41) is 3.48. The Bertz CT molecular complexity index is 600. The van der Waals surface area contributed by atoms with Crippen LogP contribution in [0.2, 0.25) is 0 Å². The molecular weight excluding hydrogens is 330 g/mol. The Morgan fingerprint density at radius 2 is 1.85 bits per heavy atom. The lowest BCUT2D eigenvalue weighted by Crippen LogP contribution is -2.48. The van der Waals surface area contributed by atoms with Crippen molar-refractivity contribution in [2.75, 3.05) is 40.3 Å². The van der Waals surface area contributed by atoms with Gasteiger partial charge in [0.05, 0.1) is 6.54 Å². The first-order valence-corrected chi connectivity index (χ1v) is 9.59. The largest absolute Gasteiger partial charge is 0.331 e. The van der Waals surface area contributed by atoms with E-state index in [1.165, 1.54) is 0 Å². The molecule has 26 heavy (non-hydrogen) atoms. The molecule has 2 saturated heterocycles. The molecule has 0 aromatic carbocycles. The molecule has 7 nitrogen and oxygen atoms in total. The van der Waals surface area contributed by atoms with Gasteiger partial charge in [-0.2, -0.15) is 0 Å². The van der Waals surface area contributed by atoms with Gasteiger partial charge in [0.25, 0.3) is 0 Å². The zero-order valence-electron chi connectivity index (χ0n) is 16.4. The van der Waals surface area contributed by atoms with Crippen LogP contribution in [0.5, 0.6) is 0 Å². The maximum absolute atomic E-state index is 12.6. The summed E-state index contributed by atoms with van der Waals surface area (Å²) in [5.41, 5.74) is -0.0583. The summed E-state index contributed by atoms with van der Waals surface area (Å²) < 4.78 is 0. The van der Waals surface area contributed by atoms with E-state index in [4.69, 9.17) is 6.57 Å². The molecule has 1 N–H and O–H groups in total. The second-order valence-electron chi connectivity index (χ2n) is 8.92. The zero-order valence-corrected chi connectivity index (χ0v) is 16.4. The van der Waals surface area contributed by atoms with Gasteiger partial charge in [0.1, 0.15) is 0 Å². The van der Waals surface area contributed by atoms with Crippen molar-refractivity contribution in [2.45, 2.75) is 44.8 Å². The Labute approximate surface area is 156 Å². The predicted octanol–water partition coefficient (Wildman–Crippen LogP) is 1.47. The van der Waals surface area contributed by atoms with Crippen LogP contribution in [-0.4, -0.2) is 78.6 Å². The molecule has 0 unspecified atom stereocenters. The molecule has 0 aromatic heterocycles. The van der Waals surface area contributed by atoms with Crippen molar-refractivity contribution in [3.8, 4) is 0 Å². The van der Waals surface area contributed by atoms with E-state index in [2.05, 4.69) is 24.0 Å². The van der Waals surface area contributed by atoms with E-state index in [0.29, 0.717) is 30.8 Å². The fraction of sp³-hybridized carbons (Fsp3) is 0.842. The Morgan fingerprint density at radius 1 is 1.23 bits per heavy atom. The van der Waals surface area contributed by atoms with E-state index in [1.54, 1.807) is 23.9 Å². The Hall–Kier alpha value is -1.81. The third-order valence-electron chi connectivity index (χ3n) is 6.27. The van der Waals surface area contributed by atoms with Crippen molar-refractivity contribution >= 4 is 11.9 Å². The van der Waals surface area contributed by atoms with E-state index in [0.717, 1.165) is 32.4 Å². The highest BCUT2D eigenvalue weighted by molar-refractivity contribution is 5.79. The van der Waals surface area contributed by atoms with Crippen molar-refractivity contribution in [3.05, 3.63) is 11.4 Å². The first kappa shape index (κ1) is 19.0. The lowest BCUT2D eigenvalue weighted by molar-refractivity contribution is -0.130. The molecule has 3 fully saturated rings. The van der Waals surface area contributed by atoms with Crippen LogP contribution in [-0.2, 0) is 4.79 Å². The molecule has 7 heteroatoms. The lowest BCUT2D eigenvalue weighted by atomic mass is 9.98. The highest BCUT2D eigenvalue weighted by atomic mass is 16.2. The van der Waals surface area contributed by atoms with Gasteiger partial charge in [0, 0.05) is 45.7 Å². The summed E-state index contributed by atoms with van der Waals surface area (Å²) in [6.45, 7) is 14.2. The van der Waals surface area contributed by atoms with Gasteiger partial charge in [0.15, 0.2) is 0 Å². The minimum absolute atomic E-state index is 0.0399. The topological polar surface area (TPSA) is 60.3 Å². The van der Waals surface area contributed by atoms with Gasteiger partial charge in [-0.15, -0.1) is 0 Å². The molecule has 2 aliphatic heterocycles. The summed E-state index contributed by atoms with van der Waals surface area (Å²) >= 11 is 0. The van der Waals surface area contributed by atoms with Crippen LogP contribution in [0.3, 0.4) is 0 Å². The molecule has 5 atom stereocenters. The number of hydrogen-bond donors (Lipinski definition) is 1. The van der Waals surface area contributed by atoms with Crippen molar-refractivity contribution in [3.63, 3.8) is 0 Å². The predicted molar refractivity (Wildman–Crippen MR) is 99.2 cm³/mol. The third kappa shape index (κ3) is 3.66. The number of amides is 3. The number of fused-ring (bicyclic) bond motifs is 1. The molecule has 0 bridgehead atoms. The number of hydrogen-bond acceptors (Lipinski definition) is 3. The van der Waals surface area contributed by atoms with Gasteiger partial charge in [-0.05, 0) is 37.5 Å². The summed E-state index contributed by atoms with van der Waals surface area (Å²) in [6, 6.07) is 0.0950. The Kier molecular flexibility index (Phi) is 5.16. The molecule has 0 spiro atoms. The molecule has 0 radical (unpaired) electrons. The SMILES string of the molecule is [C-]#[N+][C@@H]1C[C@H](C)CN1C(=O)CN[C@@]1(C)C[C@H]2CN(C(=O)N(C)C)C[C@H]2C1. The van der Waals surface area contributed by atoms with Gasteiger partial charge in [-0.3, -0.25) is 14.5 Å². The normalized spacial score (nSPS) is 36.1. The number of carbonyl (C=O) groups is 2. The van der Waals surface area contributed by atoms with E-state index in [-0.39, 0.29) is 23.6 Å². The summed E-state index contributed by atoms with van der Waals surface area (Å²) in [5.74, 6) is 1.46. The Balaban J connectivity index is 1.51. The standard InChI is InChI=1S/C19H31N5O2/c1-13-6-16(20-3)24(10-13)17(25)9-21-19(2)7-14-11-23(12-15(14)8-19)18(26)22(4)5/h13-16,21H,6-12H2,1-2,4-5H3/t13-,14-,15+,16-,19-/m0/s1. The molecule has 3 aliphatic rings. The van der Waals surface area contributed by atoms with Crippen LogP contribution in [0.15, 0.2) is 0 Å². The van der Waals surface area contributed by atoms with E-state index in [9.17, 15) is 9.59 Å². The van der Waals surface area contributed by atoms with Crippen LogP contribution in [0, 0.1) is 24.3 Å². The third-order valence-corrected chi connectivity index (χ3v) is 6.27. The number of urea groups is 1. The fourth-order valence-corrected chi connectivity index (χ4v) is 5.03. The number of rotatable bonds is 3. The number of carbonyl (C=O) groups excluding carboxylic acids is 2. The molecule has 3 amide bonds. The van der Waals surface area contributed by atoms with Crippen LogP contribution in [0.25, 0.3) is 4.85 Å². The molecular formula is C19H31N5O2. The fourth-order valence-electron chi connectivity index (χ4n) is 5.03. The number of nitrogens with one attached hydrogen (secondary N) is 1. The number of nitrogens with zero attached hydrogens (tertiary/aromatic N) is 4. The van der Waals surface area contributed by atoms with Crippen molar-refractivity contribution in [1.29, 1.82) is 0 Å². The molecule has 0 aromatic rings. The highest BCUT2D eigenvalue weighted by Gasteiger charge is 2.48. The molecule has 3 rings (SSSR count). The molecule has 2 heterocycles. The van der Waals surface area contributed by atoms with Gasteiger partial charge < -0.3 is 15.1 Å². The van der Waals surface area contributed by atoms with Gasteiger partial charge in [0.2, 0.25) is 5.91 Å². The monoisotopic (exact) mass is 361 g/mol. The molecule has 144 valence electrons. The lowest BCUT2D eigenvalue weighted by Gasteiger charge is -2.30. The minimum atomic E-state index is -0.291. The quantitative estimate of drug-likeness (QED) is 0.775. The van der Waals surface area contributed by atoms with Crippen LogP contribution >= 0.6 is 0 Å². The van der Waals surface area contributed by atoms with Crippen molar-refractivity contribution < 1.29 is 9.59 Å². The Morgan fingerprint density at radius 3 is 2.38 bits per heavy atom. The summed E-state index contributed by atoms with van der Waals surface area (Å²) in [7, 11) is 3.59. The highest BCUT2D eigenvalue weighted by Crippen LogP contribution is 2.43. The maximum Gasteiger partial charge on any atom is 0.319 e. The average Bonchev–Trinajstić information content (AvgIpc) is 3.22. The average molecular weight is 361 g/mol. The van der Waals surface area contributed by atoms with Gasteiger partial charge >= 0.3 is 12.2 Å². The van der Waals surface area contributed by atoms with Crippen molar-refractivity contribution in [1.82, 2.24) is 20.0 Å². The van der Waals surface area contributed by atoms with E-state index < -0.39 is 0 Å². The molecule has 1 aliphatic carbocycles. The second kappa shape index (κ2) is 7.07. The minimum Gasteiger partial charge on any atom is -0.331 e. The smallest absolute Gasteiger partial charge is 0.319 e. The summed E-state index contributed by atoms with van der Waals surface area (Å²) in [6.07, 6.45) is 2.47. The zero-order chi connectivity index (χ0) is 19.1. The first-order chi connectivity index (χ1) is 12.2. The van der Waals surface area contributed by atoms with Crippen LogP contribution < -0.4 is 5.32 Å². The van der Waals surface area contributed by atoms with Gasteiger partial charge in [-0.1, -0.05) is 6.92 Å². The van der Waals surface area contributed by atoms with Gasteiger partial charge in [-0.25, -0.2) is 11.4 Å². The second-order valence-corrected chi connectivity index (χ2v) is 8.92. The van der Waals surface area contributed by atoms with Crippen molar-refractivity contribution in [2.24, 2.45) is 17.8 Å². The number of likely N-dealkylation sites (tertiary alicyclic amines) is 2. The van der Waals surface area contributed by atoms with E-state index in [1.807, 2.05) is 4.90 Å². The maximum atomic E-state index is 12.6. The van der Waals surface area contributed by atoms with Crippen LogP contribution in [0.4, 0.5) is 4.79 Å². The van der Waals surface area contributed by atoms with E-state index >= 15 is 0 Å². The molecule has 1 saturated carbocycles.